The van der Waals surface area contributed by atoms with E-state index in [2.05, 4.69) is 0 Å². The van der Waals surface area contributed by atoms with Crippen LogP contribution in [0, 0.1) is 11.7 Å². The molecular weight excluding hydrogens is 239 g/mol. The summed E-state index contributed by atoms with van der Waals surface area (Å²) in [6.07, 6.45) is 5.42. The van der Waals surface area contributed by atoms with Gasteiger partial charge >= 0.3 is 0 Å². The molecule has 1 aromatic carbocycles. The average molecular weight is 255 g/mol. The second kappa shape index (κ2) is 5.63. The van der Waals surface area contributed by atoms with Crippen molar-refractivity contribution in [2.45, 2.75) is 38.5 Å². The molecular formula is C14H16ClFO. The van der Waals surface area contributed by atoms with Gasteiger partial charge < -0.3 is 0 Å². The molecule has 0 radical (unpaired) electrons. The molecule has 17 heavy (non-hydrogen) atoms. The zero-order valence-corrected chi connectivity index (χ0v) is 10.5. The second-order valence-electron chi connectivity index (χ2n) is 4.81. The van der Waals surface area contributed by atoms with Gasteiger partial charge in [-0.3, -0.25) is 4.79 Å². The number of ketones is 1. The summed E-state index contributed by atoms with van der Waals surface area (Å²) in [4.78, 5) is 11.5. The molecule has 0 heterocycles. The molecule has 0 spiro atoms. The molecule has 2 rings (SSSR count). The zero-order chi connectivity index (χ0) is 12.3. The van der Waals surface area contributed by atoms with Gasteiger partial charge in [0.1, 0.15) is 11.6 Å². The van der Waals surface area contributed by atoms with Crippen LogP contribution < -0.4 is 0 Å². The predicted molar refractivity (Wildman–Crippen MR) is 66.7 cm³/mol. The van der Waals surface area contributed by atoms with E-state index in [0.717, 1.165) is 37.7 Å². The standard InChI is InChI=1S/C14H16ClFO/c15-13-9-11(5-6-14(13)16)7-10-3-1-2-4-12(17)8-10/h5-6,9-10H,1-4,7-8H2. The Hall–Kier alpha value is -0.890. The molecule has 1 saturated carbocycles. The van der Waals surface area contributed by atoms with E-state index in [0.29, 0.717) is 18.1 Å². The first kappa shape index (κ1) is 12.6. The highest BCUT2D eigenvalue weighted by Gasteiger charge is 2.18. The second-order valence-corrected chi connectivity index (χ2v) is 5.21. The van der Waals surface area contributed by atoms with E-state index < -0.39 is 0 Å². The topological polar surface area (TPSA) is 17.1 Å². The average Bonchev–Trinajstić information content (AvgIpc) is 2.48. The molecule has 0 saturated heterocycles. The summed E-state index contributed by atoms with van der Waals surface area (Å²) in [5, 5.41) is 0.169. The van der Waals surface area contributed by atoms with Crippen LogP contribution in [0.25, 0.3) is 0 Å². The minimum Gasteiger partial charge on any atom is -0.300 e. The Kier molecular flexibility index (Phi) is 4.16. The molecule has 0 aromatic heterocycles. The number of Topliss-reactive ketones (excluding diaryl/α,β-unsaturated/α-hetero) is 1. The predicted octanol–water partition coefficient (Wildman–Crippen LogP) is 4.17. The van der Waals surface area contributed by atoms with Crippen molar-refractivity contribution in [3.63, 3.8) is 0 Å². The Labute approximate surface area is 106 Å². The van der Waals surface area contributed by atoms with Gasteiger partial charge in [-0.15, -0.1) is 0 Å². The van der Waals surface area contributed by atoms with Gasteiger partial charge in [0.25, 0.3) is 0 Å². The smallest absolute Gasteiger partial charge is 0.141 e. The Balaban J connectivity index is 2.03. The van der Waals surface area contributed by atoms with E-state index in [9.17, 15) is 9.18 Å². The van der Waals surface area contributed by atoms with Crippen molar-refractivity contribution >= 4 is 17.4 Å². The van der Waals surface area contributed by atoms with E-state index in [-0.39, 0.29) is 10.8 Å². The largest absolute Gasteiger partial charge is 0.300 e. The van der Waals surface area contributed by atoms with Gasteiger partial charge in [0.05, 0.1) is 5.02 Å². The molecule has 0 aliphatic heterocycles. The zero-order valence-electron chi connectivity index (χ0n) is 9.72. The number of carbonyl (C=O) groups is 1. The molecule has 1 nitrogen and oxygen atoms in total. The van der Waals surface area contributed by atoms with Gasteiger partial charge in [0, 0.05) is 12.8 Å². The quantitative estimate of drug-likeness (QED) is 0.724. The molecule has 0 bridgehead atoms. The lowest BCUT2D eigenvalue weighted by Crippen LogP contribution is -2.08. The molecule has 1 aliphatic rings. The lowest BCUT2D eigenvalue weighted by molar-refractivity contribution is -0.119. The van der Waals surface area contributed by atoms with Gasteiger partial charge in [-0.25, -0.2) is 4.39 Å². The maximum Gasteiger partial charge on any atom is 0.141 e. The van der Waals surface area contributed by atoms with Crippen LogP contribution in [0.3, 0.4) is 0 Å². The van der Waals surface area contributed by atoms with Gasteiger partial charge in [-0.2, -0.15) is 0 Å². The Morgan fingerprint density at radius 3 is 2.94 bits per heavy atom. The van der Waals surface area contributed by atoms with Crippen molar-refractivity contribution in [2.75, 3.05) is 0 Å². The number of benzene rings is 1. The van der Waals surface area contributed by atoms with Gasteiger partial charge in [0.2, 0.25) is 0 Å². The van der Waals surface area contributed by atoms with Crippen molar-refractivity contribution in [1.29, 1.82) is 0 Å². The third-order valence-electron chi connectivity index (χ3n) is 3.34. The minimum atomic E-state index is -0.382. The molecule has 0 N–H and O–H groups in total. The van der Waals surface area contributed by atoms with E-state index in [1.165, 1.54) is 6.07 Å². The van der Waals surface area contributed by atoms with Crippen molar-refractivity contribution in [3.05, 3.63) is 34.6 Å². The fourth-order valence-corrected chi connectivity index (χ4v) is 2.66. The summed E-state index contributed by atoms with van der Waals surface area (Å²) in [6, 6.07) is 4.83. The van der Waals surface area contributed by atoms with Crippen LogP contribution >= 0.6 is 11.6 Å². The first-order valence-corrected chi connectivity index (χ1v) is 6.48. The summed E-state index contributed by atoms with van der Waals surface area (Å²) in [7, 11) is 0. The summed E-state index contributed by atoms with van der Waals surface area (Å²) < 4.78 is 13.0. The van der Waals surface area contributed by atoms with E-state index in [1.807, 2.05) is 0 Å². The van der Waals surface area contributed by atoms with Crippen LogP contribution in [-0.2, 0) is 11.2 Å². The molecule has 1 aliphatic carbocycles. The van der Waals surface area contributed by atoms with Crippen LogP contribution in [0.1, 0.15) is 37.7 Å². The molecule has 92 valence electrons. The lowest BCUT2D eigenvalue weighted by atomic mass is 9.92. The van der Waals surface area contributed by atoms with Crippen LogP contribution in [-0.4, -0.2) is 5.78 Å². The fraction of sp³-hybridized carbons (Fsp3) is 0.500. The number of hydrogen-bond donors (Lipinski definition) is 0. The van der Waals surface area contributed by atoms with Crippen molar-refractivity contribution in [2.24, 2.45) is 5.92 Å². The normalized spacial score (nSPS) is 21.3. The molecule has 1 aromatic rings. The van der Waals surface area contributed by atoms with Crippen molar-refractivity contribution < 1.29 is 9.18 Å². The van der Waals surface area contributed by atoms with Crippen LogP contribution in [0.15, 0.2) is 18.2 Å². The van der Waals surface area contributed by atoms with E-state index >= 15 is 0 Å². The van der Waals surface area contributed by atoms with Gasteiger partial charge in [-0.05, 0) is 42.9 Å². The maximum atomic E-state index is 13.0. The molecule has 1 fully saturated rings. The third-order valence-corrected chi connectivity index (χ3v) is 3.63. The number of hydrogen-bond acceptors (Lipinski definition) is 1. The summed E-state index contributed by atoms with van der Waals surface area (Å²) >= 11 is 5.75. The van der Waals surface area contributed by atoms with E-state index in [1.54, 1.807) is 12.1 Å². The molecule has 1 unspecified atom stereocenters. The van der Waals surface area contributed by atoms with E-state index in [4.69, 9.17) is 11.6 Å². The Morgan fingerprint density at radius 2 is 2.18 bits per heavy atom. The Morgan fingerprint density at radius 1 is 1.35 bits per heavy atom. The summed E-state index contributed by atoms with van der Waals surface area (Å²) in [5.41, 5.74) is 1.02. The van der Waals surface area contributed by atoms with Crippen LogP contribution in [0.4, 0.5) is 4.39 Å². The van der Waals surface area contributed by atoms with Crippen molar-refractivity contribution in [1.82, 2.24) is 0 Å². The third kappa shape index (κ3) is 3.53. The highest BCUT2D eigenvalue weighted by molar-refractivity contribution is 6.30. The number of carbonyl (C=O) groups excluding carboxylic acids is 1. The van der Waals surface area contributed by atoms with Crippen molar-refractivity contribution in [3.8, 4) is 0 Å². The molecule has 0 amide bonds. The van der Waals surface area contributed by atoms with Crippen LogP contribution in [0.5, 0.6) is 0 Å². The first-order valence-electron chi connectivity index (χ1n) is 6.11. The minimum absolute atomic E-state index is 0.169. The maximum absolute atomic E-state index is 13.0. The monoisotopic (exact) mass is 254 g/mol. The number of halogens is 2. The first-order chi connectivity index (χ1) is 8.15. The molecule has 1 atom stereocenters. The SMILES string of the molecule is O=C1CCCCC(Cc2ccc(F)c(Cl)c2)C1. The summed E-state index contributed by atoms with van der Waals surface area (Å²) in [5.74, 6) is 0.375. The highest BCUT2D eigenvalue weighted by Crippen LogP contribution is 2.26. The van der Waals surface area contributed by atoms with Gasteiger partial charge in [-0.1, -0.05) is 24.1 Å². The number of rotatable bonds is 2. The Bertz CT molecular complexity index is 417. The fourth-order valence-electron chi connectivity index (χ4n) is 2.46. The summed E-state index contributed by atoms with van der Waals surface area (Å²) in [6.45, 7) is 0. The van der Waals surface area contributed by atoms with Crippen LogP contribution in [0.2, 0.25) is 5.02 Å². The van der Waals surface area contributed by atoms with Gasteiger partial charge in [0.15, 0.2) is 0 Å². The lowest BCUT2D eigenvalue weighted by Gasteiger charge is -2.13. The molecule has 3 heteroatoms. The highest BCUT2D eigenvalue weighted by atomic mass is 35.5.